The number of nitriles is 1. The zero-order valence-corrected chi connectivity index (χ0v) is 18.9. The number of Topliss-reactive ketones (excluding diaryl/α,β-unsaturated/α-hetero) is 1. The van der Waals surface area contributed by atoms with Crippen molar-refractivity contribution < 1.29 is 19.0 Å². The summed E-state index contributed by atoms with van der Waals surface area (Å²) in [6.07, 6.45) is 1.12. The minimum absolute atomic E-state index is 0.0479. The van der Waals surface area contributed by atoms with Crippen molar-refractivity contribution in [1.82, 2.24) is 4.90 Å². The van der Waals surface area contributed by atoms with E-state index in [1.54, 1.807) is 14.2 Å². The monoisotopic (exact) mass is 425 g/mol. The number of carbonyl (C=O) groups excluding carboxylic acids is 1. The molecule has 0 radical (unpaired) electrons. The van der Waals surface area contributed by atoms with Gasteiger partial charge in [-0.15, -0.1) is 0 Å². The number of methoxy groups -OCH3 is 2. The van der Waals surface area contributed by atoms with Crippen LogP contribution in [0.4, 0.5) is 0 Å². The summed E-state index contributed by atoms with van der Waals surface area (Å²) in [6, 6.07) is 7.81. The second kappa shape index (κ2) is 9.03. The van der Waals surface area contributed by atoms with Gasteiger partial charge in [-0.05, 0) is 36.5 Å². The number of benzene rings is 1. The molecule has 2 aliphatic rings. The van der Waals surface area contributed by atoms with Gasteiger partial charge in [0.05, 0.1) is 37.9 Å². The van der Waals surface area contributed by atoms with Crippen molar-refractivity contribution in [2.75, 3.05) is 34.0 Å². The summed E-state index contributed by atoms with van der Waals surface area (Å²) >= 11 is 0. The molecule has 0 unspecified atom stereocenters. The Labute approximate surface area is 184 Å². The number of carbonyl (C=O) groups is 1. The van der Waals surface area contributed by atoms with Crippen molar-refractivity contribution in [3.05, 3.63) is 46.4 Å². The number of ketones is 1. The Morgan fingerprint density at radius 3 is 2.61 bits per heavy atom. The molecule has 0 amide bonds. The van der Waals surface area contributed by atoms with Crippen molar-refractivity contribution in [3.8, 4) is 17.6 Å². The highest BCUT2D eigenvalue weighted by Gasteiger charge is 2.44. The first kappa shape index (κ1) is 22.7. The maximum Gasteiger partial charge on any atom is 0.162 e. The van der Waals surface area contributed by atoms with Crippen molar-refractivity contribution in [1.29, 1.82) is 5.26 Å². The van der Waals surface area contributed by atoms with Gasteiger partial charge < -0.3 is 24.8 Å². The quantitative estimate of drug-likeness (QED) is 0.714. The highest BCUT2D eigenvalue weighted by molar-refractivity contribution is 6.00. The second-order valence-corrected chi connectivity index (χ2v) is 8.63. The summed E-state index contributed by atoms with van der Waals surface area (Å²) in [5.41, 5.74) is 9.01. The van der Waals surface area contributed by atoms with E-state index in [-0.39, 0.29) is 11.2 Å². The van der Waals surface area contributed by atoms with Crippen LogP contribution < -0.4 is 15.2 Å². The molecule has 0 saturated carbocycles. The van der Waals surface area contributed by atoms with Gasteiger partial charge in [-0.3, -0.25) is 4.79 Å². The summed E-state index contributed by atoms with van der Waals surface area (Å²) in [7, 11) is 3.19. The maximum atomic E-state index is 13.4. The number of ether oxygens (including phenoxy) is 3. The molecule has 7 heteroatoms. The molecule has 1 aliphatic carbocycles. The summed E-state index contributed by atoms with van der Waals surface area (Å²) in [5, 5.41) is 10.0. The van der Waals surface area contributed by atoms with E-state index < -0.39 is 5.92 Å². The van der Waals surface area contributed by atoms with Crippen LogP contribution in [-0.2, 0) is 9.53 Å². The summed E-state index contributed by atoms with van der Waals surface area (Å²) in [5.74, 6) is 1.07. The number of nitrogens with zero attached hydrogens (tertiary/aromatic N) is 2. The molecule has 0 spiro atoms. The van der Waals surface area contributed by atoms with E-state index in [4.69, 9.17) is 19.9 Å². The predicted molar refractivity (Wildman–Crippen MR) is 117 cm³/mol. The molecule has 1 atom stereocenters. The van der Waals surface area contributed by atoms with Gasteiger partial charge in [0.1, 0.15) is 5.82 Å². The molecule has 0 aromatic heterocycles. The fourth-order valence-corrected chi connectivity index (χ4v) is 4.48. The van der Waals surface area contributed by atoms with E-state index in [1.165, 1.54) is 0 Å². The Bertz CT molecular complexity index is 972. The summed E-state index contributed by atoms with van der Waals surface area (Å²) in [4.78, 5) is 15.3. The van der Waals surface area contributed by atoms with Gasteiger partial charge in [0.2, 0.25) is 0 Å². The molecule has 1 aliphatic heterocycles. The maximum absolute atomic E-state index is 13.4. The third kappa shape index (κ3) is 4.26. The average Bonchev–Trinajstić information content (AvgIpc) is 2.72. The lowest BCUT2D eigenvalue weighted by atomic mass is 9.68. The van der Waals surface area contributed by atoms with E-state index >= 15 is 0 Å². The molecule has 3 rings (SSSR count). The van der Waals surface area contributed by atoms with Crippen LogP contribution in [0.2, 0.25) is 0 Å². The van der Waals surface area contributed by atoms with Crippen molar-refractivity contribution in [2.24, 2.45) is 11.1 Å². The molecule has 2 N–H and O–H groups in total. The van der Waals surface area contributed by atoms with Crippen LogP contribution in [-0.4, -0.2) is 44.7 Å². The zero-order valence-electron chi connectivity index (χ0n) is 18.9. The number of nitrogens with two attached hydrogens (primary N) is 1. The largest absolute Gasteiger partial charge is 0.493 e. The predicted octanol–water partition coefficient (Wildman–Crippen LogP) is 3.48. The SMILES string of the molecule is CCOc1ccc([C@@H]2C(C#N)=C(N)N(CCOC)C3=C2C(=O)CC(C)(C)C3)cc1OC. The van der Waals surface area contributed by atoms with Crippen LogP contribution in [0.1, 0.15) is 45.1 Å². The molecule has 0 bridgehead atoms. The molecule has 0 fully saturated rings. The fourth-order valence-electron chi connectivity index (χ4n) is 4.48. The molecular formula is C24H31N3O4. The van der Waals surface area contributed by atoms with Crippen LogP contribution in [0.25, 0.3) is 0 Å². The van der Waals surface area contributed by atoms with Crippen molar-refractivity contribution in [2.45, 2.75) is 39.5 Å². The number of rotatable bonds is 7. The molecule has 1 aromatic rings. The number of hydrogen-bond acceptors (Lipinski definition) is 7. The number of hydrogen-bond donors (Lipinski definition) is 1. The zero-order chi connectivity index (χ0) is 22.8. The van der Waals surface area contributed by atoms with E-state index in [2.05, 4.69) is 19.9 Å². The summed E-state index contributed by atoms with van der Waals surface area (Å²) in [6.45, 7) is 7.49. The van der Waals surface area contributed by atoms with E-state index in [0.29, 0.717) is 61.1 Å². The first-order chi connectivity index (χ1) is 14.8. The number of allylic oxidation sites excluding steroid dienone is 3. The van der Waals surface area contributed by atoms with Crippen molar-refractivity contribution >= 4 is 5.78 Å². The van der Waals surface area contributed by atoms with Crippen LogP contribution >= 0.6 is 0 Å². The van der Waals surface area contributed by atoms with E-state index in [9.17, 15) is 10.1 Å². The molecule has 31 heavy (non-hydrogen) atoms. The van der Waals surface area contributed by atoms with Gasteiger partial charge in [-0.25, -0.2) is 0 Å². The highest BCUT2D eigenvalue weighted by Crippen LogP contribution is 2.49. The smallest absolute Gasteiger partial charge is 0.162 e. The van der Waals surface area contributed by atoms with Gasteiger partial charge >= 0.3 is 0 Å². The normalized spacial score (nSPS) is 20.5. The molecule has 166 valence electrons. The van der Waals surface area contributed by atoms with Gasteiger partial charge in [0.25, 0.3) is 0 Å². The second-order valence-electron chi connectivity index (χ2n) is 8.63. The van der Waals surface area contributed by atoms with E-state index in [0.717, 1.165) is 11.3 Å². The lowest BCUT2D eigenvalue weighted by Crippen LogP contribution is -2.43. The Kier molecular flexibility index (Phi) is 6.61. The lowest BCUT2D eigenvalue weighted by Gasteiger charge is -2.43. The standard InChI is InChI=1S/C24H31N3O4/c1-6-31-19-8-7-15(11-20(19)30-5)21-16(14-25)23(26)27(9-10-29-4)17-12-24(2,3)13-18(28)22(17)21/h7-8,11,21H,6,9-10,12-13,26H2,1-5H3/t21-/m1/s1. The van der Waals surface area contributed by atoms with Crippen LogP contribution in [0, 0.1) is 16.7 Å². The Hall–Kier alpha value is -2.98. The molecular weight excluding hydrogens is 394 g/mol. The topological polar surface area (TPSA) is 97.8 Å². The average molecular weight is 426 g/mol. The third-order valence-electron chi connectivity index (χ3n) is 5.83. The highest BCUT2D eigenvalue weighted by atomic mass is 16.5. The Balaban J connectivity index is 2.21. The first-order valence-corrected chi connectivity index (χ1v) is 10.5. The van der Waals surface area contributed by atoms with Crippen LogP contribution in [0.15, 0.2) is 40.9 Å². The van der Waals surface area contributed by atoms with Gasteiger partial charge in [0.15, 0.2) is 17.3 Å². The minimum atomic E-state index is -0.535. The minimum Gasteiger partial charge on any atom is -0.493 e. The first-order valence-electron chi connectivity index (χ1n) is 10.5. The summed E-state index contributed by atoms with van der Waals surface area (Å²) < 4.78 is 16.4. The van der Waals surface area contributed by atoms with Crippen LogP contribution in [0.5, 0.6) is 11.5 Å². The van der Waals surface area contributed by atoms with Crippen LogP contribution in [0.3, 0.4) is 0 Å². The molecule has 0 saturated heterocycles. The fraction of sp³-hybridized carbons (Fsp3) is 0.500. The molecule has 1 aromatic carbocycles. The van der Waals surface area contributed by atoms with Gasteiger partial charge in [-0.2, -0.15) is 5.26 Å². The Morgan fingerprint density at radius 2 is 2.00 bits per heavy atom. The molecule has 1 heterocycles. The Morgan fingerprint density at radius 1 is 1.26 bits per heavy atom. The van der Waals surface area contributed by atoms with Gasteiger partial charge in [0, 0.05) is 31.3 Å². The third-order valence-corrected chi connectivity index (χ3v) is 5.83. The molecule has 7 nitrogen and oxygen atoms in total. The van der Waals surface area contributed by atoms with Gasteiger partial charge in [-0.1, -0.05) is 19.9 Å². The van der Waals surface area contributed by atoms with Crippen molar-refractivity contribution in [3.63, 3.8) is 0 Å². The lowest BCUT2D eigenvalue weighted by molar-refractivity contribution is -0.118. The van der Waals surface area contributed by atoms with E-state index in [1.807, 2.05) is 30.0 Å².